The van der Waals surface area contributed by atoms with Crippen LogP contribution in [0.15, 0.2) is 0 Å². The minimum atomic E-state index is -0.418. The SMILES string of the molecule is CN(CCNCC1CCCCCC1)C(=O)OC(C)(C)C. The molecule has 0 radical (unpaired) electrons. The maximum absolute atomic E-state index is 11.8. The van der Waals surface area contributed by atoms with Crippen molar-refractivity contribution in [3.8, 4) is 0 Å². The summed E-state index contributed by atoms with van der Waals surface area (Å²) in [6, 6.07) is 0. The lowest BCUT2D eigenvalue weighted by atomic mass is 10.0. The Bertz CT molecular complexity index is 279. The molecule has 20 heavy (non-hydrogen) atoms. The highest BCUT2D eigenvalue weighted by Gasteiger charge is 2.19. The number of hydrogen-bond donors (Lipinski definition) is 1. The number of nitrogens with zero attached hydrogens (tertiary/aromatic N) is 1. The minimum absolute atomic E-state index is 0.242. The first kappa shape index (κ1) is 17.3. The average Bonchev–Trinajstić information content (AvgIpc) is 2.60. The molecule has 0 bridgehead atoms. The van der Waals surface area contributed by atoms with E-state index in [0.29, 0.717) is 6.54 Å². The van der Waals surface area contributed by atoms with Crippen molar-refractivity contribution >= 4 is 6.09 Å². The van der Waals surface area contributed by atoms with Crippen molar-refractivity contribution in [3.63, 3.8) is 0 Å². The molecule has 1 saturated carbocycles. The van der Waals surface area contributed by atoms with E-state index in [0.717, 1.165) is 19.0 Å². The van der Waals surface area contributed by atoms with Crippen LogP contribution in [0.5, 0.6) is 0 Å². The van der Waals surface area contributed by atoms with Gasteiger partial charge in [0.15, 0.2) is 0 Å². The van der Waals surface area contributed by atoms with Gasteiger partial charge in [-0.1, -0.05) is 25.7 Å². The number of likely N-dealkylation sites (N-methyl/N-ethyl adjacent to an activating group) is 1. The third-order valence-corrected chi connectivity index (χ3v) is 3.74. The van der Waals surface area contributed by atoms with E-state index < -0.39 is 5.60 Å². The van der Waals surface area contributed by atoms with E-state index in [-0.39, 0.29) is 6.09 Å². The van der Waals surface area contributed by atoms with Gasteiger partial charge in [0.25, 0.3) is 0 Å². The van der Waals surface area contributed by atoms with Crippen LogP contribution in [0, 0.1) is 5.92 Å². The van der Waals surface area contributed by atoms with E-state index in [1.807, 2.05) is 20.8 Å². The predicted molar refractivity (Wildman–Crippen MR) is 82.9 cm³/mol. The number of nitrogens with one attached hydrogen (secondary N) is 1. The number of hydrogen-bond acceptors (Lipinski definition) is 3. The van der Waals surface area contributed by atoms with E-state index in [2.05, 4.69) is 5.32 Å². The lowest BCUT2D eigenvalue weighted by Crippen LogP contribution is -2.38. The minimum Gasteiger partial charge on any atom is -0.444 e. The Morgan fingerprint density at radius 2 is 1.80 bits per heavy atom. The molecule has 118 valence electrons. The van der Waals surface area contributed by atoms with Gasteiger partial charge in [0.05, 0.1) is 0 Å². The van der Waals surface area contributed by atoms with Crippen LogP contribution in [0.4, 0.5) is 4.79 Å². The molecule has 1 N–H and O–H groups in total. The van der Waals surface area contributed by atoms with Crippen LogP contribution in [0.2, 0.25) is 0 Å². The largest absolute Gasteiger partial charge is 0.444 e. The van der Waals surface area contributed by atoms with E-state index >= 15 is 0 Å². The first-order valence-corrected chi connectivity index (χ1v) is 8.03. The van der Waals surface area contributed by atoms with Gasteiger partial charge in [0.2, 0.25) is 0 Å². The molecule has 0 heterocycles. The quantitative estimate of drug-likeness (QED) is 0.621. The van der Waals surface area contributed by atoms with Crippen LogP contribution in [0.25, 0.3) is 0 Å². The van der Waals surface area contributed by atoms with Gasteiger partial charge in [0, 0.05) is 20.1 Å². The molecule has 1 aliphatic carbocycles. The van der Waals surface area contributed by atoms with Crippen molar-refractivity contribution in [3.05, 3.63) is 0 Å². The smallest absolute Gasteiger partial charge is 0.410 e. The van der Waals surface area contributed by atoms with Crippen LogP contribution >= 0.6 is 0 Å². The number of rotatable bonds is 5. The topological polar surface area (TPSA) is 41.6 Å². The third-order valence-electron chi connectivity index (χ3n) is 3.74. The maximum atomic E-state index is 11.8. The van der Waals surface area contributed by atoms with Gasteiger partial charge in [-0.05, 0) is 46.1 Å². The molecule has 0 aromatic heterocycles. The molecule has 0 spiro atoms. The normalized spacial score (nSPS) is 17.6. The first-order valence-electron chi connectivity index (χ1n) is 8.03. The van der Waals surface area contributed by atoms with Gasteiger partial charge in [-0.15, -0.1) is 0 Å². The summed E-state index contributed by atoms with van der Waals surface area (Å²) in [5.41, 5.74) is -0.418. The molecule has 1 rings (SSSR count). The first-order chi connectivity index (χ1) is 9.38. The molecular weight excluding hydrogens is 252 g/mol. The summed E-state index contributed by atoms with van der Waals surface area (Å²) in [4.78, 5) is 13.4. The summed E-state index contributed by atoms with van der Waals surface area (Å²) < 4.78 is 5.32. The lowest BCUT2D eigenvalue weighted by Gasteiger charge is -2.25. The van der Waals surface area contributed by atoms with Gasteiger partial charge in [-0.25, -0.2) is 4.79 Å². The molecule has 4 nitrogen and oxygen atoms in total. The van der Waals surface area contributed by atoms with Crippen molar-refractivity contribution in [2.24, 2.45) is 5.92 Å². The highest BCUT2D eigenvalue weighted by Crippen LogP contribution is 2.21. The molecule has 0 atom stereocenters. The van der Waals surface area contributed by atoms with Crippen molar-refractivity contribution in [2.75, 3.05) is 26.7 Å². The van der Waals surface area contributed by atoms with Crippen molar-refractivity contribution in [2.45, 2.75) is 64.9 Å². The molecule has 0 aromatic carbocycles. The van der Waals surface area contributed by atoms with Gasteiger partial charge in [0.1, 0.15) is 5.60 Å². The van der Waals surface area contributed by atoms with E-state index in [1.165, 1.54) is 38.5 Å². The fraction of sp³-hybridized carbons (Fsp3) is 0.938. The standard InChI is InChI=1S/C16H32N2O2/c1-16(2,3)20-15(19)18(4)12-11-17-13-14-9-7-5-6-8-10-14/h14,17H,5-13H2,1-4H3. The molecule has 1 fully saturated rings. The fourth-order valence-electron chi connectivity index (χ4n) is 2.55. The Hall–Kier alpha value is -0.770. The van der Waals surface area contributed by atoms with Gasteiger partial charge in [-0.3, -0.25) is 0 Å². The van der Waals surface area contributed by atoms with Gasteiger partial charge < -0.3 is 15.0 Å². The summed E-state index contributed by atoms with van der Waals surface area (Å²) in [6.45, 7) is 8.30. The molecule has 1 amide bonds. The van der Waals surface area contributed by atoms with E-state index in [4.69, 9.17) is 4.74 Å². The fourth-order valence-corrected chi connectivity index (χ4v) is 2.55. The monoisotopic (exact) mass is 284 g/mol. The van der Waals surface area contributed by atoms with Crippen molar-refractivity contribution in [1.29, 1.82) is 0 Å². The second kappa shape index (κ2) is 8.50. The maximum Gasteiger partial charge on any atom is 0.410 e. The van der Waals surface area contributed by atoms with E-state index in [1.54, 1.807) is 11.9 Å². The van der Waals surface area contributed by atoms with E-state index in [9.17, 15) is 4.79 Å². The number of carbonyl (C=O) groups excluding carboxylic acids is 1. The molecular formula is C16H32N2O2. The second-order valence-corrected chi connectivity index (χ2v) is 6.96. The predicted octanol–water partition coefficient (Wildman–Crippen LogP) is 3.41. The molecule has 0 aromatic rings. The lowest BCUT2D eigenvalue weighted by molar-refractivity contribution is 0.0300. The Labute approximate surface area is 124 Å². The zero-order chi connectivity index (χ0) is 15.0. The summed E-state index contributed by atoms with van der Waals surface area (Å²) in [7, 11) is 1.79. The van der Waals surface area contributed by atoms with Crippen molar-refractivity contribution < 1.29 is 9.53 Å². The number of ether oxygens (including phenoxy) is 1. The van der Waals surface area contributed by atoms with Gasteiger partial charge >= 0.3 is 6.09 Å². The zero-order valence-corrected chi connectivity index (χ0v) is 13.7. The summed E-state index contributed by atoms with van der Waals surface area (Å²) in [5.74, 6) is 0.823. The number of carbonyl (C=O) groups is 1. The Balaban J connectivity index is 2.12. The van der Waals surface area contributed by atoms with Gasteiger partial charge in [-0.2, -0.15) is 0 Å². The molecule has 0 saturated heterocycles. The Morgan fingerprint density at radius 3 is 2.35 bits per heavy atom. The highest BCUT2D eigenvalue weighted by atomic mass is 16.6. The average molecular weight is 284 g/mol. The summed E-state index contributed by atoms with van der Waals surface area (Å²) >= 11 is 0. The van der Waals surface area contributed by atoms with Crippen LogP contribution in [-0.2, 0) is 4.74 Å². The molecule has 4 heteroatoms. The van der Waals surface area contributed by atoms with Crippen LogP contribution in [-0.4, -0.2) is 43.3 Å². The molecule has 1 aliphatic rings. The van der Waals surface area contributed by atoms with Crippen molar-refractivity contribution in [1.82, 2.24) is 10.2 Å². The van der Waals surface area contributed by atoms with Crippen LogP contribution in [0.3, 0.4) is 0 Å². The molecule has 0 aliphatic heterocycles. The summed E-state index contributed by atoms with van der Waals surface area (Å²) in [5, 5.41) is 3.48. The number of amides is 1. The molecule has 0 unspecified atom stereocenters. The Kier molecular flexibility index (Phi) is 7.35. The second-order valence-electron chi connectivity index (χ2n) is 6.96. The van der Waals surface area contributed by atoms with Crippen LogP contribution in [0.1, 0.15) is 59.3 Å². The zero-order valence-electron chi connectivity index (χ0n) is 13.7. The highest BCUT2D eigenvalue weighted by molar-refractivity contribution is 5.67. The van der Waals surface area contributed by atoms with Crippen LogP contribution < -0.4 is 5.32 Å². The summed E-state index contributed by atoms with van der Waals surface area (Å²) in [6.07, 6.45) is 8.03. The Morgan fingerprint density at radius 1 is 1.20 bits per heavy atom. The third kappa shape index (κ3) is 7.73.